The SMILES string of the molecule is CC(C)(C)[Si](OCC1=C2[C@@H](CC/C(=C/c3cccc(O)c3)c3ccccc3)OB(O)C[C@@H]2[C@@H]2C(=O)c3ccccc3C(=O)[C@@H]2C1)(c1ccccc1)c1ccccc1. The zero-order valence-corrected chi connectivity index (χ0v) is 33.8. The van der Waals surface area contributed by atoms with E-state index in [1.54, 1.807) is 24.3 Å². The standard InChI is InChI=1S/C49H49BO6Si/c1-49(2,3)57(38-20-9-5-10-21-38,39-22-11-6-12-23-39)55-32-36-30-42-46(48(53)41-25-14-13-24-40(41)47(42)52)43-31-50(54)56-44(45(36)43)27-26-35(34-17-7-4-8-18-34)28-33-16-15-19-37(51)29-33/h4-25,28-29,42-44,46,51,54H,26-27,30-32H2,1-3H3/b35-28-/t42-,43+,44-,46-/m1/s1. The van der Waals surface area contributed by atoms with Gasteiger partial charge in [-0.2, -0.15) is 0 Å². The number of allylic oxidation sites excluding steroid dienone is 1. The summed E-state index contributed by atoms with van der Waals surface area (Å²) in [4.78, 5) is 28.9. The molecular formula is C49H49BO6Si. The molecule has 0 radical (unpaired) electrons. The van der Waals surface area contributed by atoms with Gasteiger partial charge in [0, 0.05) is 23.0 Å². The Morgan fingerprint density at radius 3 is 2.00 bits per heavy atom. The van der Waals surface area contributed by atoms with Gasteiger partial charge in [-0.15, -0.1) is 0 Å². The van der Waals surface area contributed by atoms with E-state index in [4.69, 9.17) is 9.08 Å². The highest BCUT2D eigenvalue weighted by Crippen LogP contribution is 2.51. The van der Waals surface area contributed by atoms with Crippen LogP contribution in [-0.2, 0) is 9.08 Å². The summed E-state index contributed by atoms with van der Waals surface area (Å²) in [6.07, 6.45) is 3.30. The Balaban J connectivity index is 1.24. The number of benzene rings is 5. The van der Waals surface area contributed by atoms with Crippen LogP contribution in [-0.4, -0.2) is 49.8 Å². The zero-order chi connectivity index (χ0) is 39.7. The van der Waals surface area contributed by atoms with Crippen LogP contribution in [0.15, 0.2) is 151 Å². The van der Waals surface area contributed by atoms with E-state index in [9.17, 15) is 19.7 Å². The number of rotatable bonds is 10. The highest BCUT2D eigenvalue weighted by atomic mass is 28.4. The number of carbonyl (C=O) groups is 2. The second-order valence-corrected chi connectivity index (χ2v) is 21.0. The van der Waals surface area contributed by atoms with Crippen LogP contribution in [0.2, 0.25) is 11.4 Å². The van der Waals surface area contributed by atoms with Gasteiger partial charge in [0.25, 0.3) is 8.32 Å². The van der Waals surface area contributed by atoms with Gasteiger partial charge in [-0.05, 0) is 86.9 Å². The number of Topliss-reactive ketones (excluding diaryl/α,β-unsaturated/α-hetero) is 2. The Labute approximate surface area is 337 Å². The van der Waals surface area contributed by atoms with Crippen molar-refractivity contribution in [1.29, 1.82) is 0 Å². The van der Waals surface area contributed by atoms with Crippen LogP contribution < -0.4 is 10.4 Å². The highest BCUT2D eigenvalue weighted by molar-refractivity contribution is 6.99. The molecule has 6 nitrogen and oxygen atoms in total. The number of ketones is 2. The van der Waals surface area contributed by atoms with Crippen LogP contribution in [0.4, 0.5) is 0 Å². The lowest BCUT2D eigenvalue weighted by Gasteiger charge is -2.48. The molecule has 8 rings (SSSR count). The number of fused-ring (bicyclic) bond motifs is 4. The summed E-state index contributed by atoms with van der Waals surface area (Å²) in [5.74, 6) is -1.41. The maximum atomic E-state index is 14.5. The number of carbonyl (C=O) groups excluding carboxylic acids is 2. The summed E-state index contributed by atoms with van der Waals surface area (Å²) in [6.45, 7) is 7.03. The van der Waals surface area contributed by atoms with Gasteiger partial charge in [-0.3, -0.25) is 9.59 Å². The summed E-state index contributed by atoms with van der Waals surface area (Å²) in [5.41, 5.74) is 5.90. The fourth-order valence-corrected chi connectivity index (χ4v) is 14.4. The predicted molar refractivity (Wildman–Crippen MR) is 230 cm³/mol. The Hall–Kier alpha value is -5.12. The van der Waals surface area contributed by atoms with Crippen molar-refractivity contribution in [2.45, 2.75) is 57.5 Å². The minimum Gasteiger partial charge on any atom is -0.508 e. The van der Waals surface area contributed by atoms with Crippen LogP contribution in [0.25, 0.3) is 11.6 Å². The Morgan fingerprint density at radius 2 is 1.39 bits per heavy atom. The molecule has 0 saturated carbocycles. The Kier molecular flexibility index (Phi) is 10.9. The van der Waals surface area contributed by atoms with Crippen molar-refractivity contribution in [3.63, 3.8) is 0 Å². The fourth-order valence-electron chi connectivity index (χ4n) is 9.81. The Morgan fingerprint density at radius 1 is 0.789 bits per heavy atom. The molecule has 288 valence electrons. The van der Waals surface area contributed by atoms with Gasteiger partial charge in [0.15, 0.2) is 11.6 Å². The smallest absolute Gasteiger partial charge is 0.455 e. The third kappa shape index (κ3) is 7.43. The minimum absolute atomic E-state index is 0.0184. The summed E-state index contributed by atoms with van der Waals surface area (Å²) >= 11 is 0. The van der Waals surface area contributed by atoms with Gasteiger partial charge in [0.1, 0.15) is 5.75 Å². The van der Waals surface area contributed by atoms with E-state index in [2.05, 4.69) is 87.5 Å². The summed E-state index contributed by atoms with van der Waals surface area (Å²) in [7, 11) is -4.09. The van der Waals surface area contributed by atoms with E-state index in [0.29, 0.717) is 30.4 Å². The predicted octanol–water partition coefficient (Wildman–Crippen LogP) is 8.80. The maximum Gasteiger partial charge on any atom is 0.455 e. The maximum absolute atomic E-state index is 14.5. The van der Waals surface area contributed by atoms with Crippen molar-refractivity contribution in [3.05, 3.63) is 173 Å². The van der Waals surface area contributed by atoms with E-state index < -0.39 is 39.3 Å². The first-order valence-electron chi connectivity index (χ1n) is 20.1. The number of phenolic OH excluding ortho intramolecular Hbond substituents is 1. The third-order valence-electron chi connectivity index (χ3n) is 12.3. The van der Waals surface area contributed by atoms with Gasteiger partial charge >= 0.3 is 7.12 Å². The quantitative estimate of drug-likeness (QED) is 0.0838. The lowest BCUT2D eigenvalue weighted by atomic mass is 9.54. The molecule has 0 aromatic heterocycles. The molecule has 1 aliphatic heterocycles. The topological polar surface area (TPSA) is 93.1 Å². The van der Waals surface area contributed by atoms with Crippen LogP contribution in [0, 0.1) is 17.8 Å². The molecule has 4 atom stereocenters. The fraction of sp³-hybridized carbons (Fsp3) is 0.265. The van der Waals surface area contributed by atoms with E-state index >= 15 is 0 Å². The van der Waals surface area contributed by atoms with Gasteiger partial charge in [-0.1, -0.05) is 154 Å². The molecule has 5 aromatic rings. The Bertz CT molecular complexity index is 2280. The van der Waals surface area contributed by atoms with Crippen molar-refractivity contribution in [3.8, 4) is 5.75 Å². The van der Waals surface area contributed by atoms with Crippen molar-refractivity contribution in [2.75, 3.05) is 6.61 Å². The van der Waals surface area contributed by atoms with Crippen LogP contribution in [0.1, 0.15) is 71.9 Å². The molecule has 2 N–H and O–H groups in total. The first-order valence-corrected chi connectivity index (χ1v) is 22.0. The first kappa shape index (κ1) is 38.7. The van der Waals surface area contributed by atoms with Gasteiger partial charge < -0.3 is 19.2 Å². The molecule has 0 unspecified atom stereocenters. The molecule has 0 spiro atoms. The van der Waals surface area contributed by atoms with E-state index in [1.807, 2.05) is 54.6 Å². The van der Waals surface area contributed by atoms with E-state index in [1.165, 1.54) is 0 Å². The molecular weight excluding hydrogens is 723 g/mol. The second kappa shape index (κ2) is 16.0. The largest absolute Gasteiger partial charge is 0.508 e. The van der Waals surface area contributed by atoms with Gasteiger partial charge in [0.05, 0.1) is 12.7 Å². The normalized spacial score (nSPS) is 21.2. The summed E-state index contributed by atoms with van der Waals surface area (Å²) < 4.78 is 14.1. The van der Waals surface area contributed by atoms with Crippen molar-refractivity contribution in [2.24, 2.45) is 17.8 Å². The molecule has 1 heterocycles. The van der Waals surface area contributed by atoms with Crippen LogP contribution in [0.5, 0.6) is 5.75 Å². The molecule has 3 aliphatic rings. The monoisotopic (exact) mass is 772 g/mol. The molecule has 5 aromatic carbocycles. The van der Waals surface area contributed by atoms with Crippen molar-refractivity contribution < 1.29 is 28.8 Å². The van der Waals surface area contributed by atoms with Crippen LogP contribution in [0.3, 0.4) is 0 Å². The molecule has 8 heteroatoms. The number of hydrogen-bond donors (Lipinski definition) is 2. The molecule has 0 bridgehead atoms. The summed E-state index contributed by atoms with van der Waals surface area (Å²) in [5, 5.41) is 23.8. The number of phenols is 1. The third-order valence-corrected chi connectivity index (χ3v) is 17.3. The van der Waals surface area contributed by atoms with Crippen LogP contribution >= 0.6 is 0 Å². The van der Waals surface area contributed by atoms with Gasteiger partial charge in [0.2, 0.25) is 0 Å². The molecule has 2 aliphatic carbocycles. The van der Waals surface area contributed by atoms with E-state index in [-0.39, 0.29) is 35.3 Å². The van der Waals surface area contributed by atoms with Gasteiger partial charge in [-0.25, -0.2) is 0 Å². The molecule has 1 saturated heterocycles. The average Bonchev–Trinajstić information content (AvgIpc) is 3.22. The lowest BCUT2D eigenvalue weighted by molar-refractivity contribution is 0.0592. The second-order valence-electron chi connectivity index (χ2n) is 16.7. The minimum atomic E-state index is -2.99. The number of aromatic hydroxyl groups is 1. The molecule has 0 amide bonds. The summed E-state index contributed by atoms with van der Waals surface area (Å²) in [6, 6.07) is 45.6. The molecule has 57 heavy (non-hydrogen) atoms. The first-order chi connectivity index (χ1) is 27.5. The molecule has 1 fully saturated rings. The number of hydrogen-bond acceptors (Lipinski definition) is 6. The highest BCUT2D eigenvalue weighted by Gasteiger charge is 2.55. The lowest BCUT2D eigenvalue weighted by Crippen LogP contribution is -2.66. The zero-order valence-electron chi connectivity index (χ0n) is 32.8. The average molecular weight is 773 g/mol. The van der Waals surface area contributed by atoms with Crippen molar-refractivity contribution >= 4 is 49.0 Å². The van der Waals surface area contributed by atoms with E-state index in [0.717, 1.165) is 38.2 Å². The van der Waals surface area contributed by atoms with Crippen molar-refractivity contribution in [1.82, 2.24) is 0 Å².